The molecule has 0 N–H and O–H groups in total. The molecule has 0 heteroatoms. The number of hydrogen-bond donors (Lipinski definition) is 0. The lowest BCUT2D eigenvalue weighted by molar-refractivity contribution is 0.263. The van der Waals surface area contributed by atoms with Gasteiger partial charge in [0.05, 0.1) is 0 Å². The Bertz CT molecular complexity index is 987. The second kappa shape index (κ2) is 9.28. The molecule has 0 spiro atoms. The van der Waals surface area contributed by atoms with Gasteiger partial charge in [0.1, 0.15) is 0 Å². The van der Waals surface area contributed by atoms with E-state index < -0.39 is 0 Å². The smallest absolute Gasteiger partial charge is 0.0120 e. The molecule has 0 aromatic heterocycles. The summed E-state index contributed by atoms with van der Waals surface area (Å²) < 4.78 is 0. The summed E-state index contributed by atoms with van der Waals surface area (Å²) in [6.45, 7) is 19.4. The maximum absolute atomic E-state index is 2.58. The van der Waals surface area contributed by atoms with Gasteiger partial charge in [0.15, 0.2) is 0 Å². The summed E-state index contributed by atoms with van der Waals surface area (Å²) in [6.07, 6.45) is 4.65. The molecule has 2 aliphatic carbocycles. The lowest BCUT2D eigenvalue weighted by atomic mass is 9.61. The van der Waals surface area contributed by atoms with Crippen LogP contribution < -0.4 is 0 Å². The molecule has 2 unspecified atom stereocenters. The van der Waals surface area contributed by atoms with E-state index in [1.54, 1.807) is 33.4 Å². The van der Waals surface area contributed by atoms with Crippen molar-refractivity contribution in [2.24, 2.45) is 17.3 Å². The number of benzene rings is 2. The molecule has 2 atom stereocenters. The van der Waals surface area contributed by atoms with Gasteiger partial charge in [-0.2, -0.15) is 0 Å². The van der Waals surface area contributed by atoms with Crippen LogP contribution in [0.2, 0.25) is 0 Å². The lowest BCUT2D eigenvalue weighted by Crippen LogP contribution is -2.31. The molecule has 0 nitrogen and oxygen atoms in total. The van der Waals surface area contributed by atoms with E-state index in [-0.39, 0.29) is 5.41 Å². The van der Waals surface area contributed by atoms with E-state index in [4.69, 9.17) is 0 Å². The first-order valence-corrected chi connectivity index (χ1v) is 13.3. The van der Waals surface area contributed by atoms with Gasteiger partial charge >= 0.3 is 0 Å². The van der Waals surface area contributed by atoms with Crippen molar-refractivity contribution in [1.82, 2.24) is 0 Å². The Balaban J connectivity index is 1.94. The first-order valence-electron chi connectivity index (χ1n) is 13.3. The van der Waals surface area contributed by atoms with Gasteiger partial charge in [-0.25, -0.2) is 0 Å². The van der Waals surface area contributed by atoms with Gasteiger partial charge < -0.3 is 0 Å². The minimum Gasteiger partial charge on any atom is -0.0625 e. The fraction of sp³-hybridized carbons (Fsp3) is 0.515. The number of fused-ring (bicyclic) bond motifs is 2. The molecule has 176 valence electrons. The van der Waals surface area contributed by atoms with Crippen molar-refractivity contribution in [3.63, 3.8) is 0 Å². The first kappa shape index (κ1) is 24.1. The van der Waals surface area contributed by atoms with Crippen molar-refractivity contribution < 1.29 is 0 Å². The monoisotopic (exact) mass is 440 g/mol. The Labute approximate surface area is 203 Å². The highest BCUT2D eigenvalue weighted by Gasteiger charge is 2.48. The Morgan fingerprint density at radius 3 is 1.33 bits per heavy atom. The van der Waals surface area contributed by atoms with E-state index in [1.807, 2.05) is 0 Å². The molecule has 4 rings (SSSR count). The van der Waals surface area contributed by atoms with Crippen LogP contribution >= 0.6 is 0 Å². The third-order valence-electron chi connectivity index (χ3n) is 8.12. The normalized spacial score (nSPS) is 20.3. The highest BCUT2D eigenvalue weighted by atomic mass is 14.5. The number of hydrogen-bond acceptors (Lipinski definition) is 0. The van der Waals surface area contributed by atoms with Crippen LogP contribution in [0.3, 0.4) is 0 Å². The molecule has 2 aromatic carbocycles. The van der Waals surface area contributed by atoms with E-state index in [9.17, 15) is 0 Å². The highest BCUT2D eigenvalue weighted by Crippen LogP contribution is 2.63. The second-order valence-electron chi connectivity index (χ2n) is 11.8. The highest BCUT2D eigenvalue weighted by molar-refractivity contribution is 5.81. The first-order chi connectivity index (χ1) is 15.7. The average molecular weight is 441 g/mol. The predicted molar refractivity (Wildman–Crippen MR) is 145 cm³/mol. The maximum atomic E-state index is 2.58. The molecule has 2 aromatic rings. The summed E-state index contributed by atoms with van der Waals surface area (Å²) in [5, 5.41) is 0. The summed E-state index contributed by atoms with van der Waals surface area (Å²) >= 11 is 0. The van der Waals surface area contributed by atoms with Crippen LogP contribution in [0.25, 0.3) is 11.1 Å². The molecule has 0 fully saturated rings. The molecule has 0 saturated carbocycles. The van der Waals surface area contributed by atoms with E-state index in [1.165, 1.54) is 24.0 Å². The molecule has 0 saturated heterocycles. The van der Waals surface area contributed by atoms with E-state index in [0.717, 1.165) is 12.8 Å². The fourth-order valence-corrected chi connectivity index (χ4v) is 7.18. The average Bonchev–Trinajstić information content (AvgIpc) is 3.24. The summed E-state index contributed by atoms with van der Waals surface area (Å²) in [5.41, 5.74) is 12.9. The molecular weight excluding hydrogens is 396 g/mol. The van der Waals surface area contributed by atoms with Crippen LogP contribution in [-0.4, -0.2) is 0 Å². The largest absolute Gasteiger partial charge is 0.0625 e. The number of allylic oxidation sites excluding steroid dienone is 4. The standard InChI is InChI=1S/C33H44/c1-9-23-25-15-11-13-17-27(25)31(29(23)19-21(3)4)33(7,8)32-28-18-14-12-16-26(28)24(10-2)30(32)20-22(5)6/h11-18,21-22,31-32H,9-10,19-20H2,1-8H3. The van der Waals surface area contributed by atoms with Gasteiger partial charge in [-0.15, -0.1) is 0 Å². The summed E-state index contributed by atoms with van der Waals surface area (Å²) in [6, 6.07) is 18.6. The summed E-state index contributed by atoms with van der Waals surface area (Å²) in [7, 11) is 0. The van der Waals surface area contributed by atoms with Gasteiger partial charge in [0.2, 0.25) is 0 Å². The topological polar surface area (TPSA) is 0 Å². The van der Waals surface area contributed by atoms with E-state index in [0.29, 0.717) is 23.7 Å². The van der Waals surface area contributed by atoms with Crippen LogP contribution in [0, 0.1) is 17.3 Å². The van der Waals surface area contributed by atoms with Crippen LogP contribution in [0.1, 0.15) is 115 Å². The molecular formula is C33H44. The van der Waals surface area contributed by atoms with E-state index >= 15 is 0 Å². The molecule has 0 amide bonds. The van der Waals surface area contributed by atoms with E-state index in [2.05, 4.69) is 104 Å². The Kier molecular flexibility index (Phi) is 6.77. The predicted octanol–water partition coefficient (Wildman–Crippen LogP) is 10.0. The van der Waals surface area contributed by atoms with Gasteiger partial charge in [-0.3, -0.25) is 0 Å². The molecule has 33 heavy (non-hydrogen) atoms. The molecule has 0 radical (unpaired) electrons. The van der Waals surface area contributed by atoms with Crippen molar-refractivity contribution in [2.45, 2.75) is 92.9 Å². The summed E-state index contributed by atoms with van der Waals surface area (Å²) in [4.78, 5) is 0. The molecule has 0 bridgehead atoms. The van der Waals surface area contributed by atoms with Crippen LogP contribution in [0.5, 0.6) is 0 Å². The van der Waals surface area contributed by atoms with Crippen molar-refractivity contribution in [2.75, 3.05) is 0 Å². The second-order valence-corrected chi connectivity index (χ2v) is 11.8. The minimum absolute atomic E-state index is 0.106. The SMILES string of the molecule is CCC1=C(CC(C)C)C(C(C)(C)C2C(CC(C)C)=C(CC)c3ccccc32)c2ccccc21. The third kappa shape index (κ3) is 4.05. The van der Waals surface area contributed by atoms with Gasteiger partial charge in [0.25, 0.3) is 0 Å². The van der Waals surface area contributed by atoms with Crippen LogP contribution in [-0.2, 0) is 0 Å². The molecule has 0 aliphatic heterocycles. The Morgan fingerprint density at radius 1 is 0.636 bits per heavy atom. The van der Waals surface area contributed by atoms with Gasteiger partial charge in [0, 0.05) is 11.8 Å². The zero-order valence-corrected chi connectivity index (χ0v) is 22.3. The van der Waals surface area contributed by atoms with Crippen LogP contribution in [0.15, 0.2) is 59.7 Å². The van der Waals surface area contributed by atoms with Crippen molar-refractivity contribution in [3.05, 3.63) is 81.9 Å². The fourth-order valence-electron chi connectivity index (χ4n) is 7.18. The Morgan fingerprint density at radius 2 is 1.00 bits per heavy atom. The van der Waals surface area contributed by atoms with Crippen molar-refractivity contribution in [3.8, 4) is 0 Å². The van der Waals surface area contributed by atoms with Crippen molar-refractivity contribution in [1.29, 1.82) is 0 Å². The zero-order valence-electron chi connectivity index (χ0n) is 22.3. The third-order valence-corrected chi connectivity index (χ3v) is 8.12. The van der Waals surface area contributed by atoms with Gasteiger partial charge in [-0.1, -0.05) is 115 Å². The minimum atomic E-state index is 0.106. The van der Waals surface area contributed by atoms with Gasteiger partial charge in [-0.05, 0) is 76.3 Å². The number of rotatable bonds is 8. The van der Waals surface area contributed by atoms with Crippen molar-refractivity contribution >= 4 is 11.1 Å². The Hall–Kier alpha value is -2.08. The maximum Gasteiger partial charge on any atom is 0.0120 e. The quantitative estimate of drug-likeness (QED) is 0.383. The lowest BCUT2D eigenvalue weighted by Gasteiger charge is -2.42. The zero-order chi connectivity index (χ0) is 23.9. The molecule has 2 aliphatic rings. The van der Waals surface area contributed by atoms with Crippen LogP contribution in [0.4, 0.5) is 0 Å². The molecule has 0 heterocycles. The summed E-state index contributed by atoms with van der Waals surface area (Å²) in [5.74, 6) is 2.29.